The number of aromatic nitrogens is 3. The first-order valence-corrected chi connectivity index (χ1v) is 5.37. The van der Waals surface area contributed by atoms with E-state index in [-0.39, 0.29) is 6.04 Å². The fraction of sp³-hybridized carbons (Fsp3) is 0.333. The summed E-state index contributed by atoms with van der Waals surface area (Å²) < 4.78 is 1.77. The average molecular weight is 216 g/mol. The summed E-state index contributed by atoms with van der Waals surface area (Å²) in [5.74, 6) is 0. The zero-order valence-electron chi connectivity index (χ0n) is 9.59. The van der Waals surface area contributed by atoms with Crippen molar-refractivity contribution in [2.24, 2.45) is 5.73 Å². The number of hydrogen-bond acceptors (Lipinski definition) is 3. The van der Waals surface area contributed by atoms with Crippen molar-refractivity contribution in [2.45, 2.75) is 26.3 Å². The summed E-state index contributed by atoms with van der Waals surface area (Å²) in [7, 11) is 0. The molecule has 0 bridgehead atoms. The molecule has 0 aliphatic heterocycles. The molecule has 4 nitrogen and oxygen atoms in total. The van der Waals surface area contributed by atoms with Crippen molar-refractivity contribution in [3.05, 3.63) is 42.0 Å². The van der Waals surface area contributed by atoms with E-state index in [2.05, 4.69) is 35.2 Å². The van der Waals surface area contributed by atoms with E-state index in [9.17, 15) is 0 Å². The summed E-state index contributed by atoms with van der Waals surface area (Å²) >= 11 is 0. The summed E-state index contributed by atoms with van der Waals surface area (Å²) in [5, 5.41) is 4.15. The molecule has 0 radical (unpaired) electrons. The summed E-state index contributed by atoms with van der Waals surface area (Å²) in [6.07, 6.45) is 4.09. The van der Waals surface area contributed by atoms with Crippen LogP contribution in [0.25, 0.3) is 5.69 Å². The van der Waals surface area contributed by atoms with E-state index in [4.69, 9.17) is 5.73 Å². The number of hydrogen-bond donors (Lipinski definition) is 1. The number of benzene rings is 1. The lowest BCUT2D eigenvalue weighted by Gasteiger charge is -2.12. The summed E-state index contributed by atoms with van der Waals surface area (Å²) in [5.41, 5.74) is 9.35. The van der Waals surface area contributed by atoms with Crippen molar-refractivity contribution in [2.75, 3.05) is 0 Å². The van der Waals surface area contributed by atoms with Crippen molar-refractivity contribution in [1.82, 2.24) is 14.8 Å². The number of nitrogens with zero attached hydrogens (tertiary/aromatic N) is 3. The first-order chi connectivity index (χ1) is 7.66. The van der Waals surface area contributed by atoms with Gasteiger partial charge in [0.25, 0.3) is 0 Å². The second-order valence-corrected chi connectivity index (χ2v) is 4.15. The highest BCUT2D eigenvalue weighted by molar-refractivity contribution is 5.42. The molecule has 84 valence electrons. The lowest BCUT2D eigenvalue weighted by Crippen LogP contribution is -2.19. The third kappa shape index (κ3) is 2.28. The van der Waals surface area contributed by atoms with Gasteiger partial charge in [-0.25, -0.2) is 9.67 Å². The maximum absolute atomic E-state index is 5.85. The molecule has 2 aromatic rings. The normalized spacial score (nSPS) is 12.7. The molecule has 0 aliphatic carbocycles. The number of aryl methyl sites for hydroxylation is 1. The van der Waals surface area contributed by atoms with Gasteiger partial charge in [-0.05, 0) is 31.9 Å². The van der Waals surface area contributed by atoms with Crippen LogP contribution in [0.4, 0.5) is 0 Å². The van der Waals surface area contributed by atoms with E-state index in [1.807, 2.05) is 6.92 Å². The zero-order chi connectivity index (χ0) is 11.5. The van der Waals surface area contributed by atoms with Gasteiger partial charge in [0.1, 0.15) is 12.7 Å². The molecule has 1 aromatic heterocycles. The number of nitrogens with two attached hydrogens (primary N) is 1. The summed E-state index contributed by atoms with van der Waals surface area (Å²) in [6.45, 7) is 4.09. The molecule has 1 atom stereocenters. The van der Waals surface area contributed by atoms with Crippen molar-refractivity contribution in [3.63, 3.8) is 0 Å². The molecule has 0 aliphatic rings. The minimum Gasteiger partial charge on any atom is -0.328 e. The van der Waals surface area contributed by atoms with Gasteiger partial charge in [-0.1, -0.05) is 17.7 Å². The van der Waals surface area contributed by atoms with Crippen LogP contribution in [0.2, 0.25) is 0 Å². The largest absolute Gasteiger partial charge is 0.328 e. The molecule has 2 N–H and O–H groups in total. The second kappa shape index (κ2) is 4.45. The van der Waals surface area contributed by atoms with Crippen LogP contribution in [-0.4, -0.2) is 20.8 Å². The molecule has 0 spiro atoms. The lowest BCUT2D eigenvalue weighted by molar-refractivity contribution is 0.727. The molecule has 1 unspecified atom stereocenters. The molecule has 0 saturated heterocycles. The Hall–Kier alpha value is -1.68. The topological polar surface area (TPSA) is 56.7 Å². The van der Waals surface area contributed by atoms with Crippen LogP contribution in [0.15, 0.2) is 30.9 Å². The smallest absolute Gasteiger partial charge is 0.138 e. The Morgan fingerprint density at radius 3 is 2.88 bits per heavy atom. The van der Waals surface area contributed by atoms with Gasteiger partial charge in [0.2, 0.25) is 0 Å². The molecule has 0 amide bonds. The van der Waals surface area contributed by atoms with Gasteiger partial charge in [0.15, 0.2) is 0 Å². The van der Waals surface area contributed by atoms with Crippen molar-refractivity contribution >= 4 is 0 Å². The van der Waals surface area contributed by atoms with Crippen LogP contribution in [0.3, 0.4) is 0 Å². The quantitative estimate of drug-likeness (QED) is 0.845. The third-order valence-electron chi connectivity index (χ3n) is 2.44. The molecule has 4 heteroatoms. The first-order valence-electron chi connectivity index (χ1n) is 5.37. The summed E-state index contributed by atoms with van der Waals surface area (Å²) in [4.78, 5) is 3.96. The van der Waals surface area contributed by atoms with Crippen LogP contribution in [-0.2, 0) is 6.42 Å². The first kappa shape index (κ1) is 10.8. The Balaban J connectivity index is 2.44. The molecule has 0 fully saturated rings. The van der Waals surface area contributed by atoms with Gasteiger partial charge in [-0.3, -0.25) is 0 Å². The van der Waals surface area contributed by atoms with E-state index < -0.39 is 0 Å². The fourth-order valence-electron chi connectivity index (χ4n) is 1.78. The maximum atomic E-state index is 5.85. The van der Waals surface area contributed by atoms with Crippen molar-refractivity contribution < 1.29 is 0 Å². The van der Waals surface area contributed by atoms with Gasteiger partial charge in [0, 0.05) is 6.04 Å². The highest BCUT2D eigenvalue weighted by Gasteiger charge is 2.07. The van der Waals surface area contributed by atoms with Crippen LogP contribution in [0.1, 0.15) is 18.1 Å². The van der Waals surface area contributed by atoms with E-state index in [1.54, 1.807) is 11.0 Å². The van der Waals surface area contributed by atoms with E-state index in [1.165, 1.54) is 17.5 Å². The van der Waals surface area contributed by atoms with Crippen LogP contribution in [0.5, 0.6) is 0 Å². The second-order valence-electron chi connectivity index (χ2n) is 4.15. The highest BCUT2D eigenvalue weighted by Crippen LogP contribution is 2.16. The van der Waals surface area contributed by atoms with Crippen molar-refractivity contribution in [3.8, 4) is 5.69 Å². The van der Waals surface area contributed by atoms with E-state index >= 15 is 0 Å². The minimum atomic E-state index is 0.143. The lowest BCUT2D eigenvalue weighted by atomic mass is 10.0. The molecule has 16 heavy (non-hydrogen) atoms. The SMILES string of the molecule is Cc1ccc(-n2cncn2)c(CC(C)N)c1. The monoisotopic (exact) mass is 216 g/mol. The van der Waals surface area contributed by atoms with Crippen LogP contribution in [0, 0.1) is 6.92 Å². The molecular formula is C12H16N4. The molecule has 0 saturated carbocycles. The summed E-state index contributed by atoms with van der Waals surface area (Å²) in [6, 6.07) is 6.42. The highest BCUT2D eigenvalue weighted by atomic mass is 15.3. The Labute approximate surface area is 95.1 Å². The van der Waals surface area contributed by atoms with Crippen LogP contribution >= 0.6 is 0 Å². The Kier molecular flexibility index (Phi) is 3.01. The molecular weight excluding hydrogens is 200 g/mol. The van der Waals surface area contributed by atoms with Gasteiger partial charge >= 0.3 is 0 Å². The van der Waals surface area contributed by atoms with Gasteiger partial charge in [0.05, 0.1) is 5.69 Å². The Morgan fingerprint density at radius 2 is 2.25 bits per heavy atom. The van der Waals surface area contributed by atoms with Crippen molar-refractivity contribution in [1.29, 1.82) is 0 Å². The number of rotatable bonds is 3. The zero-order valence-corrected chi connectivity index (χ0v) is 9.59. The molecule has 2 rings (SSSR count). The van der Waals surface area contributed by atoms with Gasteiger partial charge < -0.3 is 5.73 Å². The standard InChI is InChI=1S/C12H16N4/c1-9-3-4-12(16-8-14-7-15-16)11(5-9)6-10(2)13/h3-5,7-8,10H,6,13H2,1-2H3. The van der Waals surface area contributed by atoms with Gasteiger partial charge in [-0.15, -0.1) is 0 Å². The fourth-order valence-corrected chi connectivity index (χ4v) is 1.78. The predicted octanol–water partition coefficient (Wildman–Crippen LogP) is 1.47. The Morgan fingerprint density at radius 1 is 1.44 bits per heavy atom. The van der Waals surface area contributed by atoms with E-state index in [0.29, 0.717) is 0 Å². The average Bonchev–Trinajstić information content (AvgIpc) is 2.69. The maximum Gasteiger partial charge on any atom is 0.138 e. The van der Waals surface area contributed by atoms with Crippen LogP contribution < -0.4 is 5.73 Å². The molecule has 1 heterocycles. The predicted molar refractivity (Wildman–Crippen MR) is 63.4 cm³/mol. The molecule has 1 aromatic carbocycles. The Bertz CT molecular complexity index is 460. The third-order valence-corrected chi connectivity index (χ3v) is 2.44. The minimum absolute atomic E-state index is 0.143. The van der Waals surface area contributed by atoms with E-state index in [0.717, 1.165) is 12.1 Å². The van der Waals surface area contributed by atoms with Gasteiger partial charge in [-0.2, -0.15) is 5.10 Å².